The molecule has 0 amide bonds. The van der Waals surface area contributed by atoms with E-state index in [4.69, 9.17) is 0 Å². The molecule has 1 aliphatic heterocycles. The normalized spacial score (nSPS) is 19.3. The summed E-state index contributed by atoms with van der Waals surface area (Å²) in [7, 11) is 0. The summed E-state index contributed by atoms with van der Waals surface area (Å²) in [6, 6.07) is 8.60. The Balaban J connectivity index is 2.03. The van der Waals surface area contributed by atoms with Crippen molar-refractivity contribution in [2.75, 3.05) is 13.1 Å². The van der Waals surface area contributed by atoms with Crippen molar-refractivity contribution in [2.24, 2.45) is 0 Å². The van der Waals surface area contributed by atoms with Crippen molar-refractivity contribution in [3.05, 3.63) is 48.0 Å². The van der Waals surface area contributed by atoms with Crippen LogP contribution in [0.2, 0.25) is 0 Å². The van der Waals surface area contributed by atoms with Crippen LogP contribution in [-0.2, 0) is 6.42 Å². The lowest BCUT2D eigenvalue weighted by atomic mass is 10.0. The van der Waals surface area contributed by atoms with Crippen LogP contribution in [-0.4, -0.2) is 22.6 Å². The van der Waals surface area contributed by atoms with Crippen LogP contribution in [0.25, 0.3) is 5.69 Å². The molecule has 1 fully saturated rings. The van der Waals surface area contributed by atoms with Crippen LogP contribution in [0.15, 0.2) is 36.8 Å². The van der Waals surface area contributed by atoms with Crippen molar-refractivity contribution in [1.82, 2.24) is 14.9 Å². The van der Waals surface area contributed by atoms with Gasteiger partial charge in [0.15, 0.2) is 0 Å². The summed E-state index contributed by atoms with van der Waals surface area (Å²) >= 11 is 0. The van der Waals surface area contributed by atoms with Gasteiger partial charge in [0.05, 0.1) is 6.33 Å². The minimum absolute atomic E-state index is 0.595. The van der Waals surface area contributed by atoms with Crippen molar-refractivity contribution in [3.63, 3.8) is 0 Å². The first-order valence-electron chi connectivity index (χ1n) is 6.71. The highest BCUT2D eigenvalue weighted by Gasteiger charge is 2.21. The van der Waals surface area contributed by atoms with Crippen molar-refractivity contribution >= 4 is 0 Å². The van der Waals surface area contributed by atoms with E-state index in [1.54, 1.807) is 0 Å². The van der Waals surface area contributed by atoms with Crippen molar-refractivity contribution in [1.29, 1.82) is 0 Å². The Kier molecular flexibility index (Phi) is 3.15. The molecule has 3 heteroatoms. The molecule has 0 saturated carbocycles. The lowest BCUT2D eigenvalue weighted by Gasteiger charge is -2.15. The van der Waals surface area contributed by atoms with E-state index in [1.807, 2.05) is 12.5 Å². The van der Waals surface area contributed by atoms with Gasteiger partial charge in [-0.2, -0.15) is 0 Å². The second-order valence-corrected chi connectivity index (χ2v) is 4.86. The average Bonchev–Trinajstić information content (AvgIpc) is 3.09. The minimum Gasteiger partial charge on any atom is -0.316 e. The van der Waals surface area contributed by atoms with Crippen molar-refractivity contribution < 1.29 is 0 Å². The van der Waals surface area contributed by atoms with Gasteiger partial charge in [0.1, 0.15) is 0 Å². The smallest absolute Gasteiger partial charge is 0.0994 e. The number of hydrogen-bond donors (Lipinski definition) is 1. The molecule has 3 rings (SSSR count). The fourth-order valence-corrected chi connectivity index (χ4v) is 2.76. The SMILES string of the molecule is CCc1ccccc1-n1cncc1C1CCNC1. The molecule has 0 spiro atoms. The number of rotatable bonds is 3. The van der Waals surface area contributed by atoms with Gasteiger partial charge in [0.2, 0.25) is 0 Å². The number of hydrogen-bond acceptors (Lipinski definition) is 2. The molecular formula is C15H19N3. The monoisotopic (exact) mass is 241 g/mol. The van der Waals surface area contributed by atoms with Crippen LogP contribution in [0.1, 0.15) is 30.5 Å². The Morgan fingerprint density at radius 2 is 2.28 bits per heavy atom. The third-order valence-corrected chi connectivity index (χ3v) is 3.78. The molecule has 1 saturated heterocycles. The molecule has 1 aliphatic rings. The lowest BCUT2D eigenvalue weighted by Crippen LogP contribution is -2.11. The van der Waals surface area contributed by atoms with Crippen LogP contribution < -0.4 is 5.32 Å². The van der Waals surface area contributed by atoms with Gasteiger partial charge in [0.25, 0.3) is 0 Å². The molecule has 0 bridgehead atoms. The number of imidazole rings is 1. The molecule has 18 heavy (non-hydrogen) atoms. The summed E-state index contributed by atoms with van der Waals surface area (Å²) in [5.74, 6) is 0.595. The highest BCUT2D eigenvalue weighted by Crippen LogP contribution is 2.26. The molecule has 1 atom stereocenters. The molecule has 2 aromatic rings. The summed E-state index contributed by atoms with van der Waals surface area (Å²) < 4.78 is 2.26. The summed E-state index contributed by atoms with van der Waals surface area (Å²) in [6.07, 6.45) is 6.23. The standard InChI is InChI=1S/C15H19N3/c1-2-12-5-3-4-6-14(12)18-11-17-10-15(18)13-7-8-16-9-13/h3-6,10-11,13,16H,2,7-9H2,1H3. The van der Waals surface area contributed by atoms with Gasteiger partial charge >= 0.3 is 0 Å². The fourth-order valence-electron chi connectivity index (χ4n) is 2.76. The molecule has 0 radical (unpaired) electrons. The van der Waals surface area contributed by atoms with Crippen LogP contribution >= 0.6 is 0 Å². The van der Waals surface area contributed by atoms with E-state index in [1.165, 1.54) is 23.4 Å². The zero-order valence-electron chi connectivity index (χ0n) is 10.8. The fraction of sp³-hybridized carbons (Fsp3) is 0.400. The van der Waals surface area contributed by atoms with Gasteiger partial charge in [-0.3, -0.25) is 0 Å². The maximum Gasteiger partial charge on any atom is 0.0994 e. The number of para-hydroxylation sites is 1. The molecule has 1 aromatic heterocycles. The molecule has 2 heterocycles. The highest BCUT2D eigenvalue weighted by molar-refractivity contribution is 5.42. The van der Waals surface area contributed by atoms with Crippen LogP contribution in [0.5, 0.6) is 0 Å². The first-order valence-corrected chi connectivity index (χ1v) is 6.71. The van der Waals surface area contributed by atoms with Gasteiger partial charge in [-0.25, -0.2) is 4.98 Å². The van der Waals surface area contributed by atoms with E-state index in [0.29, 0.717) is 5.92 Å². The zero-order chi connectivity index (χ0) is 12.4. The minimum atomic E-state index is 0.595. The number of aryl methyl sites for hydroxylation is 1. The number of nitrogens with one attached hydrogen (secondary N) is 1. The lowest BCUT2D eigenvalue weighted by molar-refractivity contribution is 0.712. The van der Waals surface area contributed by atoms with E-state index >= 15 is 0 Å². The van der Waals surface area contributed by atoms with Crippen molar-refractivity contribution in [3.8, 4) is 5.69 Å². The molecular weight excluding hydrogens is 222 g/mol. The van der Waals surface area contributed by atoms with Gasteiger partial charge in [-0.1, -0.05) is 25.1 Å². The molecule has 1 unspecified atom stereocenters. The van der Waals surface area contributed by atoms with E-state index in [2.05, 4.69) is 46.1 Å². The van der Waals surface area contributed by atoms with Gasteiger partial charge in [0, 0.05) is 30.0 Å². The van der Waals surface area contributed by atoms with Gasteiger partial charge in [-0.05, 0) is 31.0 Å². The summed E-state index contributed by atoms with van der Waals surface area (Å²) in [4.78, 5) is 4.35. The topological polar surface area (TPSA) is 29.9 Å². The molecule has 3 nitrogen and oxygen atoms in total. The van der Waals surface area contributed by atoms with Gasteiger partial charge in [-0.15, -0.1) is 0 Å². The van der Waals surface area contributed by atoms with Crippen molar-refractivity contribution in [2.45, 2.75) is 25.7 Å². The van der Waals surface area contributed by atoms with E-state index in [9.17, 15) is 0 Å². The molecule has 94 valence electrons. The van der Waals surface area contributed by atoms with Crippen LogP contribution in [0.3, 0.4) is 0 Å². The maximum absolute atomic E-state index is 4.35. The second-order valence-electron chi connectivity index (χ2n) is 4.86. The summed E-state index contributed by atoms with van der Waals surface area (Å²) in [5.41, 5.74) is 3.99. The largest absolute Gasteiger partial charge is 0.316 e. The van der Waals surface area contributed by atoms with E-state index in [0.717, 1.165) is 19.5 Å². The maximum atomic E-state index is 4.35. The summed E-state index contributed by atoms with van der Waals surface area (Å²) in [6.45, 7) is 4.39. The van der Waals surface area contributed by atoms with Crippen LogP contribution in [0, 0.1) is 0 Å². The Morgan fingerprint density at radius 3 is 3.06 bits per heavy atom. The Labute approximate surface area is 108 Å². The first-order chi connectivity index (χ1) is 8.90. The van der Waals surface area contributed by atoms with E-state index in [-0.39, 0.29) is 0 Å². The van der Waals surface area contributed by atoms with Crippen LogP contribution in [0.4, 0.5) is 0 Å². The Bertz CT molecular complexity index is 524. The quantitative estimate of drug-likeness (QED) is 0.895. The third kappa shape index (κ3) is 1.95. The average molecular weight is 241 g/mol. The Hall–Kier alpha value is -1.61. The highest BCUT2D eigenvalue weighted by atomic mass is 15.1. The number of aromatic nitrogens is 2. The van der Waals surface area contributed by atoms with Gasteiger partial charge < -0.3 is 9.88 Å². The Morgan fingerprint density at radius 1 is 1.39 bits per heavy atom. The summed E-state index contributed by atoms with van der Waals surface area (Å²) in [5, 5.41) is 3.43. The first kappa shape index (κ1) is 11.5. The predicted octanol–water partition coefficient (Wildman–Crippen LogP) is 2.51. The zero-order valence-corrected chi connectivity index (χ0v) is 10.8. The second kappa shape index (κ2) is 4.94. The predicted molar refractivity (Wildman–Crippen MR) is 73.2 cm³/mol. The third-order valence-electron chi connectivity index (χ3n) is 3.78. The van der Waals surface area contributed by atoms with E-state index < -0.39 is 0 Å². The number of benzene rings is 1. The molecule has 1 N–H and O–H groups in total. The molecule has 1 aromatic carbocycles. The molecule has 0 aliphatic carbocycles. The number of nitrogens with zero attached hydrogens (tertiary/aromatic N) is 2.